The molecule has 0 amide bonds. The van der Waals surface area contributed by atoms with Crippen molar-refractivity contribution in [3.05, 3.63) is 35.9 Å². The topological polar surface area (TPSA) is 38.0 Å². The van der Waals surface area contributed by atoms with E-state index >= 15 is 0 Å². The average molecular weight is 218 g/mol. The molecule has 3 N–H and O–H groups in total. The molecule has 2 heteroatoms. The second-order valence-corrected chi connectivity index (χ2v) is 5.36. The third kappa shape index (κ3) is 2.83. The normalized spacial score (nSPS) is 21.4. The molecule has 1 aliphatic carbocycles. The average Bonchev–Trinajstić information content (AvgIpc) is 3.05. The third-order valence-electron chi connectivity index (χ3n) is 3.65. The molecule has 0 aliphatic heterocycles. The lowest BCUT2D eigenvalue weighted by molar-refractivity contribution is 0.400. The first-order chi connectivity index (χ1) is 7.61. The predicted octanol–water partition coefficient (Wildman–Crippen LogP) is 2.46. The molecular formula is C14H22N2. The first kappa shape index (κ1) is 11.6. The Morgan fingerprint density at radius 3 is 2.50 bits per heavy atom. The molecular weight excluding hydrogens is 196 g/mol. The van der Waals surface area contributed by atoms with Crippen LogP contribution in [-0.4, -0.2) is 12.1 Å². The highest BCUT2D eigenvalue weighted by Crippen LogP contribution is 2.34. The summed E-state index contributed by atoms with van der Waals surface area (Å²) < 4.78 is 0. The van der Waals surface area contributed by atoms with Gasteiger partial charge in [0.15, 0.2) is 0 Å². The minimum atomic E-state index is 0.135. The Labute approximate surface area is 98.2 Å². The summed E-state index contributed by atoms with van der Waals surface area (Å²) in [7, 11) is 0. The number of nitrogens with two attached hydrogens (primary N) is 1. The first-order valence-corrected chi connectivity index (χ1v) is 6.16. The molecule has 1 aromatic carbocycles. The van der Waals surface area contributed by atoms with Gasteiger partial charge in [-0.15, -0.1) is 0 Å². The van der Waals surface area contributed by atoms with Gasteiger partial charge in [0.1, 0.15) is 0 Å². The Morgan fingerprint density at radius 2 is 1.94 bits per heavy atom. The highest BCUT2D eigenvalue weighted by atomic mass is 15.0. The molecule has 0 radical (unpaired) electrons. The molecule has 0 saturated heterocycles. The van der Waals surface area contributed by atoms with E-state index in [1.54, 1.807) is 0 Å². The molecule has 0 heterocycles. The van der Waals surface area contributed by atoms with E-state index in [1.165, 1.54) is 18.4 Å². The van der Waals surface area contributed by atoms with Gasteiger partial charge >= 0.3 is 0 Å². The van der Waals surface area contributed by atoms with Crippen LogP contribution in [0.25, 0.3) is 0 Å². The molecule has 0 aromatic heterocycles. The lowest BCUT2D eigenvalue weighted by atomic mass is 9.95. The minimum absolute atomic E-state index is 0.135. The fourth-order valence-corrected chi connectivity index (χ4v) is 1.90. The SMILES string of the molecule is CC(CNC1(C)CC1)C(N)c1ccccc1. The van der Waals surface area contributed by atoms with Crippen molar-refractivity contribution in [2.24, 2.45) is 11.7 Å². The second-order valence-electron chi connectivity index (χ2n) is 5.36. The van der Waals surface area contributed by atoms with Gasteiger partial charge in [0.05, 0.1) is 0 Å². The standard InChI is InChI=1S/C14H22N2/c1-11(10-16-14(2)8-9-14)13(15)12-6-4-3-5-7-12/h3-7,11,13,16H,8-10,15H2,1-2H3. The lowest BCUT2D eigenvalue weighted by Crippen LogP contribution is -2.35. The fraction of sp³-hybridized carbons (Fsp3) is 0.571. The van der Waals surface area contributed by atoms with Crippen LogP contribution in [0.3, 0.4) is 0 Å². The number of hydrogen-bond acceptors (Lipinski definition) is 2. The molecule has 0 bridgehead atoms. The van der Waals surface area contributed by atoms with Gasteiger partial charge in [-0.1, -0.05) is 37.3 Å². The van der Waals surface area contributed by atoms with Gasteiger partial charge in [-0.2, -0.15) is 0 Å². The van der Waals surface area contributed by atoms with Gasteiger partial charge in [0.2, 0.25) is 0 Å². The molecule has 0 spiro atoms. The molecule has 88 valence electrons. The van der Waals surface area contributed by atoms with Crippen molar-refractivity contribution in [1.82, 2.24) is 5.32 Å². The van der Waals surface area contributed by atoms with E-state index in [0.717, 1.165) is 6.54 Å². The Hall–Kier alpha value is -0.860. The van der Waals surface area contributed by atoms with Gasteiger partial charge < -0.3 is 11.1 Å². The van der Waals surface area contributed by atoms with Crippen molar-refractivity contribution >= 4 is 0 Å². The first-order valence-electron chi connectivity index (χ1n) is 6.16. The molecule has 2 unspecified atom stereocenters. The summed E-state index contributed by atoms with van der Waals surface area (Å²) in [4.78, 5) is 0. The summed E-state index contributed by atoms with van der Waals surface area (Å²) >= 11 is 0. The second kappa shape index (κ2) is 4.56. The van der Waals surface area contributed by atoms with E-state index < -0.39 is 0 Å². The lowest BCUT2D eigenvalue weighted by Gasteiger charge is -2.22. The number of rotatable bonds is 5. The van der Waals surface area contributed by atoms with E-state index in [1.807, 2.05) is 6.07 Å². The number of hydrogen-bond donors (Lipinski definition) is 2. The highest BCUT2D eigenvalue weighted by Gasteiger charge is 2.36. The molecule has 1 saturated carbocycles. The van der Waals surface area contributed by atoms with Crippen molar-refractivity contribution in [2.75, 3.05) is 6.54 Å². The van der Waals surface area contributed by atoms with E-state index in [9.17, 15) is 0 Å². The van der Waals surface area contributed by atoms with Crippen LogP contribution in [0.2, 0.25) is 0 Å². The van der Waals surface area contributed by atoms with E-state index in [2.05, 4.69) is 43.4 Å². The molecule has 2 rings (SSSR count). The van der Waals surface area contributed by atoms with Crippen molar-refractivity contribution < 1.29 is 0 Å². The zero-order valence-electron chi connectivity index (χ0n) is 10.2. The van der Waals surface area contributed by atoms with Crippen LogP contribution >= 0.6 is 0 Å². The molecule has 1 aliphatic rings. The largest absolute Gasteiger partial charge is 0.324 e. The zero-order chi connectivity index (χ0) is 11.6. The minimum Gasteiger partial charge on any atom is -0.324 e. The highest BCUT2D eigenvalue weighted by molar-refractivity contribution is 5.19. The van der Waals surface area contributed by atoms with Crippen molar-refractivity contribution in [1.29, 1.82) is 0 Å². The van der Waals surface area contributed by atoms with Crippen LogP contribution in [0.15, 0.2) is 30.3 Å². The third-order valence-corrected chi connectivity index (χ3v) is 3.65. The Kier molecular flexibility index (Phi) is 3.31. The van der Waals surface area contributed by atoms with Crippen LogP contribution in [0.1, 0.15) is 38.3 Å². The Morgan fingerprint density at radius 1 is 1.31 bits per heavy atom. The van der Waals surface area contributed by atoms with E-state index in [0.29, 0.717) is 11.5 Å². The monoisotopic (exact) mass is 218 g/mol. The summed E-state index contributed by atoms with van der Waals surface area (Å²) in [5, 5.41) is 3.60. The molecule has 16 heavy (non-hydrogen) atoms. The van der Waals surface area contributed by atoms with Gasteiger partial charge in [0.25, 0.3) is 0 Å². The number of nitrogens with one attached hydrogen (secondary N) is 1. The van der Waals surface area contributed by atoms with Gasteiger partial charge in [-0.25, -0.2) is 0 Å². The van der Waals surface area contributed by atoms with Crippen LogP contribution < -0.4 is 11.1 Å². The summed E-state index contributed by atoms with van der Waals surface area (Å²) in [5.41, 5.74) is 7.89. The van der Waals surface area contributed by atoms with Crippen LogP contribution in [0.5, 0.6) is 0 Å². The molecule has 1 aromatic rings. The zero-order valence-corrected chi connectivity index (χ0v) is 10.2. The van der Waals surface area contributed by atoms with Gasteiger partial charge in [-0.05, 0) is 31.2 Å². The predicted molar refractivity (Wildman–Crippen MR) is 68.2 cm³/mol. The van der Waals surface area contributed by atoms with Crippen LogP contribution in [0, 0.1) is 5.92 Å². The summed E-state index contributed by atoms with van der Waals surface area (Å²) in [5.74, 6) is 0.472. The Bertz CT molecular complexity index is 330. The smallest absolute Gasteiger partial charge is 0.0333 e. The summed E-state index contributed by atoms with van der Waals surface area (Å²) in [6, 6.07) is 10.5. The fourth-order valence-electron chi connectivity index (χ4n) is 1.90. The van der Waals surface area contributed by atoms with Gasteiger partial charge in [-0.3, -0.25) is 0 Å². The van der Waals surface area contributed by atoms with Crippen LogP contribution in [-0.2, 0) is 0 Å². The van der Waals surface area contributed by atoms with Crippen molar-refractivity contribution in [3.63, 3.8) is 0 Å². The molecule has 1 fully saturated rings. The van der Waals surface area contributed by atoms with Gasteiger partial charge in [0, 0.05) is 18.1 Å². The van der Waals surface area contributed by atoms with Crippen LogP contribution in [0.4, 0.5) is 0 Å². The van der Waals surface area contributed by atoms with E-state index in [-0.39, 0.29) is 6.04 Å². The summed E-state index contributed by atoms with van der Waals surface area (Å²) in [6.45, 7) is 5.51. The quantitative estimate of drug-likeness (QED) is 0.796. The van der Waals surface area contributed by atoms with Crippen molar-refractivity contribution in [3.8, 4) is 0 Å². The van der Waals surface area contributed by atoms with Crippen molar-refractivity contribution in [2.45, 2.75) is 38.3 Å². The maximum Gasteiger partial charge on any atom is 0.0333 e. The maximum atomic E-state index is 6.25. The summed E-state index contributed by atoms with van der Waals surface area (Å²) in [6.07, 6.45) is 2.61. The number of benzene rings is 1. The maximum absolute atomic E-state index is 6.25. The van der Waals surface area contributed by atoms with E-state index in [4.69, 9.17) is 5.73 Å². The molecule has 2 atom stereocenters. The Balaban J connectivity index is 1.86. The molecule has 2 nitrogen and oxygen atoms in total.